The molecule has 0 amide bonds. The minimum Gasteiger partial charge on any atom is -0.389 e. The number of fused-ring (bicyclic) bond motifs is 1. The van der Waals surface area contributed by atoms with E-state index in [1.807, 2.05) is 13.0 Å². The Morgan fingerprint density at radius 1 is 1.43 bits per heavy atom. The molecule has 0 spiro atoms. The maximum atomic E-state index is 10.7. The van der Waals surface area contributed by atoms with Gasteiger partial charge in [0.25, 0.3) is 0 Å². The molecule has 1 saturated carbocycles. The molecule has 2 atom stereocenters. The minimum absolute atomic E-state index is 0.299. The van der Waals surface area contributed by atoms with Crippen molar-refractivity contribution in [3.05, 3.63) is 17.5 Å². The summed E-state index contributed by atoms with van der Waals surface area (Å²) < 4.78 is 0. The van der Waals surface area contributed by atoms with E-state index in [-0.39, 0.29) is 0 Å². The van der Waals surface area contributed by atoms with Crippen LogP contribution in [0.2, 0.25) is 0 Å². The van der Waals surface area contributed by atoms with Gasteiger partial charge in [-0.25, -0.2) is 9.97 Å². The summed E-state index contributed by atoms with van der Waals surface area (Å²) in [7, 11) is 0. The molecule has 2 fully saturated rings. The van der Waals surface area contributed by atoms with Gasteiger partial charge in [-0.1, -0.05) is 25.1 Å². The highest BCUT2D eigenvalue weighted by atomic mass is 32.1. The van der Waals surface area contributed by atoms with Gasteiger partial charge in [0.05, 0.1) is 5.60 Å². The van der Waals surface area contributed by atoms with E-state index in [9.17, 15) is 5.11 Å². The second kappa shape index (κ2) is 5.50. The number of aliphatic hydroxyl groups is 1. The van der Waals surface area contributed by atoms with Crippen LogP contribution < -0.4 is 10.6 Å². The second-order valence-electron chi connectivity index (χ2n) is 6.30. The van der Waals surface area contributed by atoms with Gasteiger partial charge in [-0.2, -0.15) is 0 Å². The number of hydrogen-bond donors (Lipinski definition) is 2. The third kappa shape index (κ3) is 2.87. The lowest BCUT2D eigenvalue weighted by molar-refractivity contribution is -0.0614. The fourth-order valence-electron chi connectivity index (χ4n) is 3.57. The summed E-state index contributed by atoms with van der Waals surface area (Å²) in [6.07, 6.45) is 5.14. The molecular weight excluding hydrogens is 284 g/mol. The maximum Gasteiger partial charge on any atom is 0.226 e. The predicted octanol–water partition coefficient (Wildman–Crippen LogP) is 1.55. The number of nitrogens with two attached hydrogens (primary N) is 1. The Morgan fingerprint density at radius 2 is 2.24 bits per heavy atom. The van der Waals surface area contributed by atoms with Crippen molar-refractivity contribution in [1.82, 2.24) is 9.97 Å². The average molecular weight is 306 g/mol. The first-order valence-electron chi connectivity index (χ1n) is 7.61. The first-order chi connectivity index (χ1) is 9.98. The molecule has 0 radical (unpaired) electrons. The van der Waals surface area contributed by atoms with E-state index >= 15 is 0 Å². The van der Waals surface area contributed by atoms with Crippen LogP contribution in [0, 0.1) is 12.8 Å². The van der Waals surface area contributed by atoms with Crippen molar-refractivity contribution in [2.24, 2.45) is 11.7 Å². The zero-order valence-corrected chi connectivity index (χ0v) is 13.2. The van der Waals surface area contributed by atoms with Gasteiger partial charge in [-0.15, -0.1) is 0 Å². The quantitative estimate of drug-likeness (QED) is 0.808. The molecule has 0 bridgehead atoms. The van der Waals surface area contributed by atoms with E-state index in [0.29, 0.717) is 22.5 Å². The van der Waals surface area contributed by atoms with E-state index < -0.39 is 5.60 Å². The molecule has 6 heteroatoms. The smallest absolute Gasteiger partial charge is 0.226 e. The molecule has 3 N–H and O–H groups in total. The Bertz CT molecular complexity index is 565. The largest absolute Gasteiger partial charge is 0.389 e. The lowest BCUT2D eigenvalue weighted by atomic mass is 9.71. The molecule has 1 aromatic rings. The van der Waals surface area contributed by atoms with Crippen molar-refractivity contribution in [3.63, 3.8) is 0 Å². The highest BCUT2D eigenvalue weighted by Crippen LogP contribution is 2.40. The van der Waals surface area contributed by atoms with Crippen LogP contribution in [-0.4, -0.2) is 38.8 Å². The number of rotatable bonds is 2. The molecule has 21 heavy (non-hydrogen) atoms. The number of thiocarbonyl (C=S) groups is 1. The SMILES string of the molecule is Cc1cc(C(N)=S)nc(N2CCC3(O)CCCCC3C2)n1. The van der Waals surface area contributed by atoms with Crippen LogP contribution in [-0.2, 0) is 0 Å². The van der Waals surface area contributed by atoms with Crippen molar-refractivity contribution in [3.8, 4) is 0 Å². The Hall–Kier alpha value is -1.27. The molecule has 2 aliphatic rings. The monoisotopic (exact) mass is 306 g/mol. The van der Waals surface area contributed by atoms with Crippen LogP contribution >= 0.6 is 12.2 Å². The summed E-state index contributed by atoms with van der Waals surface area (Å²) in [6, 6.07) is 1.81. The topological polar surface area (TPSA) is 75.3 Å². The van der Waals surface area contributed by atoms with E-state index in [0.717, 1.165) is 44.5 Å². The molecular formula is C15H22N4OS. The lowest BCUT2D eigenvalue weighted by Gasteiger charge is -2.47. The van der Waals surface area contributed by atoms with Crippen LogP contribution in [0.1, 0.15) is 43.5 Å². The van der Waals surface area contributed by atoms with Gasteiger partial charge in [-0.05, 0) is 32.3 Å². The van der Waals surface area contributed by atoms with Crippen LogP contribution in [0.25, 0.3) is 0 Å². The van der Waals surface area contributed by atoms with Gasteiger partial charge < -0.3 is 15.7 Å². The molecule has 114 valence electrons. The normalized spacial score (nSPS) is 29.0. The van der Waals surface area contributed by atoms with Gasteiger partial charge in [0.2, 0.25) is 5.95 Å². The fraction of sp³-hybridized carbons (Fsp3) is 0.667. The van der Waals surface area contributed by atoms with E-state index in [1.54, 1.807) is 0 Å². The van der Waals surface area contributed by atoms with Crippen molar-refractivity contribution in [2.75, 3.05) is 18.0 Å². The third-order valence-electron chi connectivity index (χ3n) is 4.81. The fourth-order valence-corrected chi connectivity index (χ4v) is 3.68. The summed E-state index contributed by atoms with van der Waals surface area (Å²) in [4.78, 5) is 11.5. The summed E-state index contributed by atoms with van der Waals surface area (Å²) in [5, 5.41) is 10.7. The van der Waals surface area contributed by atoms with Crippen molar-refractivity contribution >= 4 is 23.2 Å². The van der Waals surface area contributed by atoms with Crippen molar-refractivity contribution < 1.29 is 5.11 Å². The molecule has 3 rings (SSSR count). The first kappa shape index (κ1) is 14.7. The third-order valence-corrected chi connectivity index (χ3v) is 5.01. The number of piperidine rings is 1. The first-order valence-corrected chi connectivity index (χ1v) is 8.01. The second-order valence-corrected chi connectivity index (χ2v) is 6.74. The van der Waals surface area contributed by atoms with E-state index in [1.165, 1.54) is 6.42 Å². The van der Waals surface area contributed by atoms with Crippen LogP contribution in [0.5, 0.6) is 0 Å². The zero-order chi connectivity index (χ0) is 15.0. The standard InChI is InChI=1S/C15H22N4OS/c1-10-8-12(13(16)21)18-14(17-10)19-7-6-15(20)5-3-2-4-11(15)9-19/h8,11,20H,2-7,9H2,1H3,(H2,16,21). The van der Waals surface area contributed by atoms with Gasteiger partial charge in [0.1, 0.15) is 10.7 Å². The Labute approximate surface area is 130 Å². The highest BCUT2D eigenvalue weighted by molar-refractivity contribution is 7.80. The van der Waals surface area contributed by atoms with Crippen LogP contribution in [0.4, 0.5) is 5.95 Å². The van der Waals surface area contributed by atoms with Crippen LogP contribution in [0.15, 0.2) is 6.07 Å². The summed E-state index contributed by atoms with van der Waals surface area (Å²) in [6.45, 7) is 3.53. The Morgan fingerprint density at radius 3 is 3.00 bits per heavy atom. The van der Waals surface area contributed by atoms with Gasteiger partial charge in [-0.3, -0.25) is 0 Å². The highest BCUT2D eigenvalue weighted by Gasteiger charge is 2.43. The number of nitrogens with zero attached hydrogens (tertiary/aromatic N) is 3. The van der Waals surface area contributed by atoms with E-state index in [4.69, 9.17) is 18.0 Å². The minimum atomic E-state index is -0.482. The Kier molecular flexibility index (Phi) is 3.84. The maximum absolute atomic E-state index is 10.7. The molecule has 5 nitrogen and oxygen atoms in total. The van der Waals surface area contributed by atoms with Crippen molar-refractivity contribution in [1.29, 1.82) is 0 Å². The molecule has 1 aliphatic carbocycles. The predicted molar refractivity (Wildman–Crippen MR) is 86.4 cm³/mol. The Balaban J connectivity index is 1.83. The average Bonchev–Trinajstić information content (AvgIpc) is 2.45. The van der Waals surface area contributed by atoms with E-state index in [2.05, 4.69) is 14.9 Å². The number of anilines is 1. The molecule has 1 aliphatic heterocycles. The van der Waals surface area contributed by atoms with Gasteiger partial charge >= 0.3 is 0 Å². The van der Waals surface area contributed by atoms with Gasteiger partial charge in [0, 0.05) is 24.7 Å². The lowest BCUT2D eigenvalue weighted by Crippen LogP contribution is -2.53. The van der Waals surface area contributed by atoms with Crippen LogP contribution in [0.3, 0.4) is 0 Å². The molecule has 1 saturated heterocycles. The number of aromatic nitrogens is 2. The summed E-state index contributed by atoms with van der Waals surface area (Å²) in [5.41, 5.74) is 6.70. The van der Waals surface area contributed by atoms with Gasteiger partial charge in [0.15, 0.2) is 0 Å². The summed E-state index contributed by atoms with van der Waals surface area (Å²) >= 11 is 5.02. The number of hydrogen-bond acceptors (Lipinski definition) is 5. The molecule has 1 aromatic heterocycles. The summed E-state index contributed by atoms with van der Waals surface area (Å²) in [5.74, 6) is 1.00. The zero-order valence-electron chi connectivity index (χ0n) is 12.4. The molecule has 2 unspecified atom stereocenters. The molecule has 2 heterocycles. The molecule has 0 aromatic carbocycles. The number of aryl methyl sites for hydroxylation is 1. The van der Waals surface area contributed by atoms with Crippen molar-refractivity contribution in [2.45, 2.75) is 44.6 Å².